The van der Waals surface area contributed by atoms with E-state index in [4.69, 9.17) is 0 Å². The van der Waals surface area contributed by atoms with E-state index in [2.05, 4.69) is 52.0 Å². The molecule has 2 fully saturated rings. The van der Waals surface area contributed by atoms with Crippen molar-refractivity contribution in [2.75, 3.05) is 31.1 Å². The summed E-state index contributed by atoms with van der Waals surface area (Å²) in [6, 6.07) is 11.7. The summed E-state index contributed by atoms with van der Waals surface area (Å²) < 4.78 is 0. The van der Waals surface area contributed by atoms with Gasteiger partial charge in [0.25, 0.3) is 0 Å². The molecule has 0 aliphatic carbocycles. The summed E-state index contributed by atoms with van der Waals surface area (Å²) in [4.78, 5) is 9.68. The molecule has 2 aliphatic rings. The van der Waals surface area contributed by atoms with Gasteiger partial charge in [0.05, 0.1) is 11.9 Å². The van der Waals surface area contributed by atoms with Crippen LogP contribution in [0.1, 0.15) is 18.4 Å². The minimum absolute atomic E-state index is 0.664. The largest absolute Gasteiger partial charge is 0.365 e. The third kappa shape index (κ3) is 2.61. The van der Waals surface area contributed by atoms with Gasteiger partial charge in [0.15, 0.2) is 0 Å². The van der Waals surface area contributed by atoms with Gasteiger partial charge < -0.3 is 4.90 Å². The Morgan fingerprint density at radius 3 is 2.73 bits per heavy atom. The average Bonchev–Trinajstić information content (AvgIpc) is 2.56. The van der Waals surface area contributed by atoms with E-state index in [1.807, 2.05) is 12.4 Å². The van der Waals surface area contributed by atoms with Crippen LogP contribution in [-0.2, 0) is 0 Å². The van der Waals surface area contributed by atoms with Gasteiger partial charge in [0.2, 0.25) is 0 Å². The average molecular weight is 293 g/mol. The Kier molecular flexibility index (Phi) is 3.59. The van der Waals surface area contributed by atoms with E-state index in [-0.39, 0.29) is 0 Å². The number of fused-ring (bicyclic) bond motifs is 2. The van der Waals surface area contributed by atoms with Crippen LogP contribution in [0.5, 0.6) is 0 Å². The van der Waals surface area contributed by atoms with Gasteiger partial charge in [-0.05, 0) is 37.9 Å². The molecule has 2 atom stereocenters. The quantitative estimate of drug-likeness (QED) is 0.846. The lowest BCUT2D eigenvalue weighted by molar-refractivity contribution is 0.174. The number of hydrogen-bond donors (Lipinski definition) is 0. The van der Waals surface area contributed by atoms with Crippen LogP contribution in [0.2, 0.25) is 0 Å². The van der Waals surface area contributed by atoms with Crippen LogP contribution < -0.4 is 4.90 Å². The van der Waals surface area contributed by atoms with Gasteiger partial charge in [-0.2, -0.15) is 0 Å². The van der Waals surface area contributed by atoms with Crippen molar-refractivity contribution in [1.29, 1.82) is 0 Å². The number of piperazine rings is 1. The third-order valence-electron chi connectivity index (χ3n) is 5.02. The van der Waals surface area contributed by atoms with Crippen LogP contribution in [0.25, 0.3) is 11.1 Å². The van der Waals surface area contributed by atoms with Gasteiger partial charge in [0.1, 0.15) is 0 Å². The minimum atomic E-state index is 0.664. The van der Waals surface area contributed by atoms with Crippen molar-refractivity contribution in [2.24, 2.45) is 0 Å². The molecule has 2 unspecified atom stereocenters. The maximum atomic E-state index is 4.51. The third-order valence-corrected chi connectivity index (χ3v) is 5.02. The molecular formula is C19H23N3. The van der Waals surface area contributed by atoms with Crippen molar-refractivity contribution in [3.05, 3.63) is 48.3 Å². The van der Waals surface area contributed by atoms with E-state index < -0.39 is 0 Å². The number of nitrogens with zero attached hydrogens (tertiary/aromatic N) is 3. The topological polar surface area (TPSA) is 19.4 Å². The van der Waals surface area contributed by atoms with E-state index in [1.54, 1.807) is 0 Å². The molecule has 0 N–H and O–H groups in total. The smallest absolute Gasteiger partial charge is 0.0562 e. The highest BCUT2D eigenvalue weighted by atomic mass is 15.3. The van der Waals surface area contributed by atoms with Crippen LogP contribution in [-0.4, -0.2) is 42.1 Å². The summed E-state index contributed by atoms with van der Waals surface area (Å²) in [7, 11) is 0. The first-order valence-corrected chi connectivity index (χ1v) is 8.31. The zero-order valence-electron chi connectivity index (χ0n) is 13.2. The predicted molar refractivity (Wildman–Crippen MR) is 91.2 cm³/mol. The predicted octanol–water partition coefficient (Wildman–Crippen LogP) is 3.34. The Morgan fingerprint density at radius 1 is 1.00 bits per heavy atom. The summed E-state index contributed by atoms with van der Waals surface area (Å²) in [5, 5.41) is 0. The lowest BCUT2D eigenvalue weighted by Gasteiger charge is -2.46. The second-order valence-corrected chi connectivity index (χ2v) is 6.59. The van der Waals surface area contributed by atoms with E-state index >= 15 is 0 Å². The molecule has 2 aliphatic heterocycles. The summed E-state index contributed by atoms with van der Waals surface area (Å²) in [6.45, 7) is 6.94. The van der Waals surface area contributed by atoms with Crippen LogP contribution >= 0.6 is 0 Å². The molecule has 22 heavy (non-hydrogen) atoms. The molecule has 0 radical (unpaired) electrons. The fraction of sp³-hybridized carbons (Fsp3) is 0.421. The second kappa shape index (κ2) is 5.73. The molecule has 2 saturated heterocycles. The fourth-order valence-corrected chi connectivity index (χ4v) is 3.75. The fourth-order valence-electron chi connectivity index (χ4n) is 3.75. The first-order valence-electron chi connectivity index (χ1n) is 8.31. The zero-order valence-corrected chi connectivity index (χ0v) is 13.2. The lowest BCUT2D eigenvalue weighted by atomic mass is 9.99. The number of anilines is 1. The summed E-state index contributed by atoms with van der Waals surface area (Å²) in [5.41, 5.74) is 5.05. The van der Waals surface area contributed by atoms with Crippen molar-refractivity contribution in [3.63, 3.8) is 0 Å². The van der Waals surface area contributed by atoms with Crippen LogP contribution in [0, 0.1) is 6.92 Å². The molecule has 0 spiro atoms. The Labute approximate surface area is 132 Å². The first-order chi connectivity index (χ1) is 10.8. The van der Waals surface area contributed by atoms with Crippen LogP contribution in [0.15, 0.2) is 42.7 Å². The summed E-state index contributed by atoms with van der Waals surface area (Å²) >= 11 is 0. The number of aromatic nitrogens is 1. The molecule has 2 aromatic rings. The Bertz CT molecular complexity index is 650. The lowest BCUT2D eigenvalue weighted by Crippen LogP contribution is -2.56. The number of hydrogen-bond acceptors (Lipinski definition) is 3. The minimum Gasteiger partial charge on any atom is -0.365 e. The number of pyridine rings is 1. The monoisotopic (exact) mass is 293 g/mol. The summed E-state index contributed by atoms with van der Waals surface area (Å²) in [5.74, 6) is 0. The molecule has 114 valence electrons. The number of piperidine rings is 1. The maximum absolute atomic E-state index is 4.51. The molecule has 3 heteroatoms. The van der Waals surface area contributed by atoms with Crippen molar-refractivity contribution < 1.29 is 0 Å². The van der Waals surface area contributed by atoms with Gasteiger partial charge in [-0.15, -0.1) is 0 Å². The number of rotatable bonds is 2. The van der Waals surface area contributed by atoms with Crippen molar-refractivity contribution in [3.8, 4) is 11.1 Å². The van der Waals surface area contributed by atoms with Crippen LogP contribution in [0.4, 0.5) is 5.69 Å². The van der Waals surface area contributed by atoms with Crippen LogP contribution in [0.3, 0.4) is 0 Å². The molecule has 3 heterocycles. The molecule has 4 rings (SSSR count). The van der Waals surface area contributed by atoms with Gasteiger partial charge in [-0.3, -0.25) is 9.88 Å². The van der Waals surface area contributed by atoms with E-state index in [1.165, 1.54) is 54.9 Å². The molecule has 2 bridgehead atoms. The van der Waals surface area contributed by atoms with Gasteiger partial charge in [-0.1, -0.05) is 29.8 Å². The van der Waals surface area contributed by atoms with Gasteiger partial charge >= 0.3 is 0 Å². The molecule has 3 nitrogen and oxygen atoms in total. The standard InChI is InChI=1S/C19H23N3/c1-15-4-6-16(7-5-15)17-11-19(13-20-12-17)22-10-9-21-8-2-3-18(22)14-21/h4-7,11-13,18H,2-3,8-10,14H2,1H3. The molecule has 0 saturated carbocycles. The van der Waals surface area contributed by atoms with Crippen molar-refractivity contribution in [1.82, 2.24) is 9.88 Å². The van der Waals surface area contributed by atoms with Crippen molar-refractivity contribution in [2.45, 2.75) is 25.8 Å². The Morgan fingerprint density at radius 2 is 1.86 bits per heavy atom. The molecular weight excluding hydrogens is 270 g/mol. The highest BCUT2D eigenvalue weighted by molar-refractivity contribution is 5.67. The number of benzene rings is 1. The Balaban J connectivity index is 1.62. The molecule has 0 amide bonds. The zero-order chi connectivity index (χ0) is 14.9. The van der Waals surface area contributed by atoms with E-state index in [0.717, 1.165) is 6.54 Å². The first kappa shape index (κ1) is 13.8. The summed E-state index contributed by atoms with van der Waals surface area (Å²) in [6.07, 6.45) is 6.64. The SMILES string of the molecule is Cc1ccc(-c2cncc(N3CCN4CCCC3C4)c2)cc1. The van der Waals surface area contributed by atoms with Crippen molar-refractivity contribution >= 4 is 5.69 Å². The normalized spacial score (nSPS) is 24.3. The van der Waals surface area contributed by atoms with Gasteiger partial charge in [-0.25, -0.2) is 0 Å². The molecule has 1 aromatic carbocycles. The maximum Gasteiger partial charge on any atom is 0.0562 e. The highest BCUT2D eigenvalue weighted by Gasteiger charge is 2.30. The van der Waals surface area contributed by atoms with E-state index in [0.29, 0.717) is 6.04 Å². The molecule has 1 aromatic heterocycles. The highest BCUT2D eigenvalue weighted by Crippen LogP contribution is 2.29. The number of aryl methyl sites for hydroxylation is 1. The second-order valence-electron chi connectivity index (χ2n) is 6.59. The Hall–Kier alpha value is -1.87. The van der Waals surface area contributed by atoms with Gasteiger partial charge in [0, 0.05) is 37.4 Å². The van der Waals surface area contributed by atoms with E-state index in [9.17, 15) is 0 Å².